The van der Waals surface area contributed by atoms with Crippen molar-refractivity contribution in [1.29, 1.82) is 0 Å². The van der Waals surface area contributed by atoms with Gasteiger partial charge in [0.15, 0.2) is 5.41 Å². The van der Waals surface area contributed by atoms with Gasteiger partial charge < -0.3 is 15.0 Å². The minimum atomic E-state index is -1.50. The molecule has 1 aromatic rings. The van der Waals surface area contributed by atoms with Gasteiger partial charge in [-0.2, -0.15) is 0 Å². The quantitative estimate of drug-likeness (QED) is 0.607. The minimum Gasteiger partial charge on any atom is -0.372 e. The number of barbiturate groups is 1. The van der Waals surface area contributed by atoms with E-state index in [1.54, 1.807) is 12.1 Å². The molecule has 3 heterocycles. The largest absolute Gasteiger partial charge is 0.372 e. The van der Waals surface area contributed by atoms with Gasteiger partial charge in [0.25, 0.3) is 0 Å². The summed E-state index contributed by atoms with van der Waals surface area (Å²) in [6.07, 6.45) is -0.401. The van der Waals surface area contributed by atoms with E-state index in [0.717, 1.165) is 11.3 Å². The molecule has 0 radical (unpaired) electrons. The van der Waals surface area contributed by atoms with Gasteiger partial charge in [-0.25, -0.2) is 4.79 Å². The number of carbonyl (C=O) groups is 4. The van der Waals surface area contributed by atoms with Gasteiger partial charge in [-0.1, -0.05) is 0 Å². The number of nitrogens with one attached hydrogen (secondary N) is 3. The van der Waals surface area contributed by atoms with Crippen LogP contribution < -0.4 is 20.9 Å². The highest BCUT2D eigenvalue weighted by Crippen LogP contribution is 2.47. The summed E-state index contributed by atoms with van der Waals surface area (Å²) in [5.41, 5.74) is 0.726. The molecule has 9 nitrogen and oxygen atoms in total. The van der Waals surface area contributed by atoms with E-state index < -0.39 is 35.4 Å². The maximum absolute atomic E-state index is 13.0. The lowest BCUT2D eigenvalue weighted by atomic mass is 9.66. The molecule has 2 saturated heterocycles. The highest BCUT2D eigenvalue weighted by atomic mass is 16.5. The van der Waals surface area contributed by atoms with Gasteiger partial charge in [0.05, 0.1) is 18.2 Å². The van der Waals surface area contributed by atoms with Crippen LogP contribution in [0.2, 0.25) is 0 Å². The van der Waals surface area contributed by atoms with Gasteiger partial charge in [-0.05, 0) is 44.0 Å². The monoisotopic (exact) mass is 386 g/mol. The fourth-order valence-corrected chi connectivity index (χ4v) is 4.73. The van der Waals surface area contributed by atoms with Crippen molar-refractivity contribution in [2.24, 2.45) is 5.41 Å². The van der Waals surface area contributed by atoms with E-state index in [2.05, 4.69) is 16.0 Å². The van der Waals surface area contributed by atoms with Gasteiger partial charge in [0, 0.05) is 24.8 Å². The van der Waals surface area contributed by atoms with E-state index >= 15 is 0 Å². The number of carbonyl (C=O) groups excluding carboxylic acids is 4. The number of rotatable bonds is 1. The molecule has 0 saturated carbocycles. The Labute approximate surface area is 161 Å². The summed E-state index contributed by atoms with van der Waals surface area (Å²) in [5.74, 6) is -1.47. The molecular formula is C19H22N4O5. The maximum Gasteiger partial charge on any atom is 0.328 e. The molecule has 0 bridgehead atoms. The number of urea groups is 1. The Hall–Kier alpha value is -2.94. The summed E-state index contributed by atoms with van der Waals surface area (Å²) in [6, 6.07) is 4.08. The third-order valence-corrected chi connectivity index (χ3v) is 5.63. The molecule has 4 rings (SSSR count). The predicted molar refractivity (Wildman–Crippen MR) is 99.7 cm³/mol. The number of benzene rings is 1. The fourth-order valence-electron chi connectivity index (χ4n) is 4.73. The highest BCUT2D eigenvalue weighted by Gasteiger charge is 2.62. The van der Waals surface area contributed by atoms with Crippen LogP contribution in [0.1, 0.15) is 26.3 Å². The summed E-state index contributed by atoms with van der Waals surface area (Å²) in [6.45, 7) is 5.68. The predicted octanol–water partition coefficient (Wildman–Crippen LogP) is 0.536. The molecule has 3 aliphatic rings. The van der Waals surface area contributed by atoms with Gasteiger partial charge in [0.1, 0.15) is 0 Å². The standard InChI is InChI=1S/C19H22N4O5/c1-9-8-23-14-5-4-13(20-11(3)24)6-12(14)7-19(15(23)10(2)28-9)16(25)21-18(27)22-17(19)26/h4-6,9-10,15H,7-8H2,1-3H3,(H,20,24)(H2,21,22,25,26,27)/t9-,10+,15?/m1/s1. The molecule has 148 valence electrons. The zero-order chi connectivity index (χ0) is 20.2. The third kappa shape index (κ3) is 2.65. The molecule has 28 heavy (non-hydrogen) atoms. The summed E-state index contributed by atoms with van der Waals surface area (Å²) in [5, 5.41) is 7.23. The molecule has 1 aromatic carbocycles. The minimum absolute atomic E-state index is 0.0967. The Kier molecular flexibility index (Phi) is 4.15. The van der Waals surface area contributed by atoms with E-state index in [9.17, 15) is 19.2 Å². The molecule has 9 heteroatoms. The Morgan fingerprint density at radius 2 is 1.89 bits per heavy atom. The third-order valence-electron chi connectivity index (χ3n) is 5.63. The number of hydrogen-bond acceptors (Lipinski definition) is 6. The highest BCUT2D eigenvalue weighted by molar-refractivity contribution is 6.20. The van der Waals surface area contributed by atoms with Crippen molar-refractivity contribution in [3.05, 3.63) is 23.8 Å². The second-order valence-corrected chi connectivity index (χ2v) is 7.66. The average Bonchev–Trinajstić information content (AvgIpc) is 2.58. The van der Waals surface area contributed by atoms with Crippen LogP contribution in [0.15, 0.2) is 18.2 Å². The van der Waals surface area contributed by atoms with Gasteiger partial charge in [0.2, 0.25) is 17.7 Å². The molecule has 2 fully saturated rings. The molecule has 5 amide bonds. The lowest BCUT2D eigenvalue weighted by molar-refractivity contribution is -0.153. The molecule has 1 spiro atoms. The van der Waals surface area contributed by atoms with Gasteiger partial charge >= 0.3 is 6.03 Å². The molecule has 0 aromatic heterocycles. The van der Waals surface area contributed by atoms with Crippen LogP contribution in [0, 0.1) is 5.41 Å². The van der Waals surface area contributed by atoms with E-state index in [1.165, 1.54) is 6.92 Å². The van der Waals surface area contributed by atoms with Crippen LogP contribution in [0.5, 0.6) is 0 Å². The smallest absolute Gasteiger partial charge is 0.328 e. The number of anilines is 2. The van der Waals surface area contributed by atoms with E-state index in [0.29, 0.717) is 12.2 Å². The van der Waals surface area contributed by atoms with Crippen molar-refractivity contribution < 1.29 is 23.9 Å². The molecule has 3 atom stereocenters. The number of fused-ring (bicyclic) bond motifs is 4. The lowest BCUT2D eigenvalue weighted by Crippen LogP contribution is -2.75. The van der Waals surface area contributed by atoms with Crippen LogP contribution in [-0.2, 0) is 25.5 Å². The SMILES string of the molecule is CC(=O)Nc1ccc2c(c1)CC1(C(=O)NC(=O)NC1=O)C1[C@H](C)O[C@H](C)CN21. The zero-order valence-electron chi connectivity index (χ0n) is 15.9. The number of morpholine rings is 1. The summed E-state index contributed by atoms with van der Waals surface area (Å²) in [7, 11) is 0. The van der Waals surface area contributed by atoms with Crippen LogP contribution in [0.4, 0.5) is 16.2 Å². The topological polar surface area (TPSA) is 117 Å². The number of nitrogens with zero attached hydrogens (tertiary/aromatic N) is 1. The molecule has 0 aliphatic carbocycles. The number of amides is 5. The fraction of sp³-hybridized carbons (Fsp3) is 0.474. The number of hydrogen-bond donors (Lipinski definition) is 3. The van der Waals surface area contributed by atoms with E-state index in [4.69, 9.17) is 4.74 Å². The maximum atomic E-state index is 13.0. The van der Waals surface area contributed by atoms with Crippen molar-refractivity contribution in [1.82, 2.24) is 10.6 Å². The van der Waals surface area contributed by atoms with Crippen molar-refractivity contribution in [3.63, 3.8) is 0 Å². The second kappa shape index (κ2) is 6.30. The van der Waals surface area contributed by atoms with Crippen molar-refractivity contribution in [3.8, 4) is 0 Å². The van der Waals surface area contributed by atoms with Crippen molar-refractivity contribution >= 4 is 35.1 Å². The van der Waals surface area contributed by atoms with Crippen LogP contribution >= 0.6 is 0 Å². The Bertz CT molecular complexity index is 878. The summed E-state index contributed by atoms with van der Waals surface area (Å²) < 4.78 is 5.95. The summed E-state index contributed by atoms with van der Waals surface area (Å²) in [4.78, 5) is 51.1. The molecule has 3 N–H and O–H groups in total. The summed E-state index contributed by atoms with van der Waals surface area (Å²) >= 11 is 0. The van der Waals surface area contributed by atoms with E-state index in [-0.39, 0.29) is 18.4 Å². The first-order valence-corrected chi connectivity index (χ1v) is 9.22. The van der Waals surface area contributed by atoms with Crippen molar-refractivity contribution in [2.45, 2.75) is 45.4 Å². The van der Waals surface area contributed by atoms with Crippen LogP contribution in [-0.4, -0.2) is 48.5 Å². The van der Waals surface area contributed by atoms with Crippen LogP contribution in [0.25, 0.3) is 0 Å². The molecule has 1 unspecified atom stereocenters. The first kappa shape index (κ1) is 18.4. The molecule has 3 aliphatic heterocycles. The van der Waals surface area contributed by atoms with Gasteiger partial charge in [-0.3, -0.25) is 25.0 Å². The first-order chi connectivity index (χ1) is 13.2. The Balaban J connectivity index is 1.87. The Morgan fingerprint density at radius 3 is 2.54 bits per heavy atom. The van der Waals surface area contributed by atoms with Gasteiger partial charge in [-0.15, -0.1) is 0 Å². The second-order valence-electron chi connectivity index (χ2n) is 7.66. The first-order valence-electron chi connectivity index (χ1n) is 9.22. The van der Waals surface area contributed by atoms with Crippen LogP contribution in [0.3, 0.4) is 0 Å². The number of imide groups is 2. The zero-order valence-corrected chi connectivity index (χ0v) is 15.9. The normalized spacial score (nSPS) is 28.2. The average molecular weight is 386 g/mol. The molecular weight excluding hydrogens is 364 g/mol. The number of ether oxygens (including phenoxy) is 1. The Morgan fingerprint density at radius 1 is 1.21 bits per heavy atom. The van der Waals surface area contributed by atoms with Crippen molar-refractivity contribution in [2.75, 3.05) is 16.8 Å². The van der Waals surface area contributed by atoms with E-state index in [1.807, 2.05) is 24.8 Å². The lowest BCUT2D eigenvalue weighted by Gasteiger charge is -2.55.